The Morgan fingerprint density at radius 3 is 2.60 bits per heavy atom. The fourth-order valence-corrected chi connectivity index (χ4v) is 4.55. The number of halogens is 2. The maximum atomic E-state index is 13.7. The Labute approximate surface area is 206 Å². The van der Waals surface area contributed by atoms with Gasteiger partial charge in [-0.3, -0.25) is 4.79 Å². The van der Waals surface area contributed by atoms with E-state index >= 15 is 0 Å². The molecule has 0 saturated heterocycles. The molecule has 9 heteroatoms. The van der Waals surface area contributed by atoms with Gasteiger partial charge in [0.25, 0.3) is 5.91 Å². The number of aromatic nitrogens is 4. The molecule has 35 heavy (non-hydrogen) atoms. The minimum atomic E-state index is -0.387. The van der Waals surface area contributed by atoms with E-state index in [9.17, 15) is 9.18 Å². The van der Waals surface area contributed by atoms with Crippen LogP contribution in [0.1, 0.15) is 40.7 Å². The molecule has 1 amide bonds. The Morgan fingerprint density at radius 1 is 1.11 bits per heavy atom. The first-order valence-electron chi connectivity index (χ1n) is 11.1. The molecular formula is C26H22ClFN6O. The van der Waals surface area contributed by atoms with E-state index in [-0.39, 0.29) is 11.7 Å². The third-order valence-electron chi connectivity index (χ3n) is 5.99. The summed E-state index contributed by atoms with van der Waals surface area (Å²) in [7, 11) is 0. The fraction of sp³-hybridized carbons (Fsp3) is 0.154. The number of amides is 1. The number of anilines is 2. The number of nitrogens with two attached hydrogens (primary N) is 1. The highest BCUT2D eigenvalue weighted by Gasteiger charge is 2.20. The van der Waals surface area contributed by atoms with Gasteiger partial charge in [-0.2, -0.15) is 10.2 Å². The number of benzene rings is 2. The van der Waals surface area contributed by atoms with Gasteiger partial charge in [-0.05, 0) is 84.8 Å². The second-order valence-electron chi connectivity index (χ2n) is 8.37. The lowest BCUT2D eigenvalue weighted by Crippen LogP contribution is -2.15. The maximum Gasteiger partial charge on any atom is 0.255 e. The standard InChI is InChI=1S/C26H22ClFN6O/c1-15-10-22(19-7-6-17(28)11-24(19)29)21(16-4-2-3-5-16)13-20(15)26(35)33-18-12-23(27)25(30-14-18)34-31-8-9-32-34/h4,6-14H,2-3,5,29H2,1H3,(H,33,35). The molecule has 1 aliphatic carbocycles. The lowest BCUT2D eigenvalue weighted by molar-refractivity contribution is 0.102. The molecule has 2 aromatic heterocycles. The molecule has 1 aliphatic rings. The number of carbonyl (C=O) groups excluding carboxylic acids is 1. The van der Waals surface area contributed by atoms with Gasteiger partial charge in [0.15, 0.2) is 5.82 Å². The molecule has 5 rings (SSSR count). The SMILES string of the molecule is Cc1cc(-c2ccc(F)cc2N)c(C2=CCCC2)cc1C(=O)Nc1cnc(-n2nccn2)c(Cl)c1. The second kappa shape index (κ2) is 9.31. The van der Waals surface area contributed by atoms with E-state index in [1.807, 2.05) is 19.1 Å². The Morgan fingerprint density at radius 2 is 1.91 bits per heavy atom. The normalized spacial score (nSPS) is 13.1. The zero-order chi connectivity index (χ0) is 24.5. The van der Waals surface area contributed by atoms with Crippen LogP contribution in [0.3, 0.4) is 0 Å². The highest BCUT2D eigenvalue weighted by atomic mass is 35.5. The summed E-state index contributed by atoms with van der Waals surface area (Å²) in [4.78, 5) is 18.9. The van der Waals surface area contributed by atoms with Crippen molar-refractivity contribution in [1.29, 1.82) is 0 Å². The third kappa shape index (κ3) is 4.52. The summed E-state index contributed by atoms with van der Waals surface area (Å²) in [6.07, 6.45) is 9.66. The van der Waals surface area contributed by atoms with E-state index in [2.05, 4.69) is 26.6 Å². The quantitative estimate of drug-likeness (QED) is 0.344. The van der Waals surface area contributed by atoms with Crippen LogP contribution in [0.15, 0.2) is 61.1 Å². The number of carbonyl (C=O) groups is 1. The van der Waals surface area contributed by atoms with Crippen LogP contribution in [0, 0.1) is 12.7 Å². The molecule has 0 atom stereocenters. The summed E-state index contributed by atoms with van der Waals surface area (Å²) < 4.78 is 13.7. The van der Waals surface area contributed by atoms with E-state index < -0.39 is 0 Å². The van der Waals surface area contributed by atoms with Gasteiger partial charge >= 0.3 is 0 Å². The van der Waals surface area contributed by atoms with Gasteiger partial charge in [-0.15, -0.1) is 4.80 Å². The summed E-state index contributed by atoms with van der Waals surface area (Å²) in [5, 5.41) is 11.2. The lowest BCUT2D eigenvalue weighted by atomic mass is 9.89. The number of nitrogens with zero attached hydrogens (tertiary/aromatic N) is 4. The molecule has 0 unspecified atom stereocenters. The van der Waals surface area contributed by atoms with Gasteiger partial charge in [0.2, 0.25) is 0 Å². The number of hydrogen-bond donors (Lipinski definition) is 2. The van der Waals surface area contributed by atoms with Crippen LogP contribution in [-0.2, 0) is 0 Å². The number of pyridine rings is 1. The van der Waals surface area contributed by atoms with Crippen LogP contribution >= 0.6 is 11.6 Å². The zero-order valence-electron chi connectivity index (χ0n) is 18.9. The van der Waals surface area contributed by atoms with E-state index in [0.717, 1.165) is 47.1 Å². The van der Waals surface area contributed by atoms with Crippen molar-refractivity contribution in [2.24, 2.45) is 0 Å². The number of nitrogen functional groups attached to an aromatic ring is 1. The van der Waals surface area contributed by atoms with Crippen LogP contribution in [0.2, 0.25) is 5.02 Å². The van der Waals surface area contributed by atoms with Crippen molar-refractivity contribution in [2.75, 3.05) is 11.1 Å². The van der Waals surface area contributed by atoms with E-state index in [1.165, 1.54) is 35.5 Å². The van der Waals surface area contributed by atoms with Crippen LogP contribution < -0.4 is 11.1 Å². The van der Waals surface area contributed by atoms with Crippen LogP contribution in [0.5, 0.6) is 0 Å². The van der Waals surface area contributed by atoms with Crippen LogP contribution in [-0.4, -0.2) is 25.9 Å². The Balaban J connectivity index is 1.51. The molecule has 176 valence electrons. The van der Waals surface area contributed by atoms with Gasteiger partial charge < -0.3 is 11.1 Å². The van der Waals surface area contributed by atoms with Crippen molar-refractivity contribution in [2.45, 2.75) is 26.2 Å². The fourth-order valence-electron chi connectivity index (χ4n) is 4.31. The Kier molecular flexibility index (Phi) is 6.05. The summed E-state index contributed by atoms with van der Waals surface area (Å²) in [5.74, 6) is -0.312. The summed E-state index contributed by atoms with van der Waals surface area (Å²) >= 11 is 6.35. The number of hydrogen-bond acceptors (Lipinski definition) is 5. The Hall–Kier alpha value is -4.04. The largest absolute Gasteiger partial charge is 0.398 e. The number of aryl methyl sites for hydroxylation is 1. The van der Waals surface area contributed by atoms with Gasteiger partial charge in [0.1, 0.15) is 5.82 Å². The van der Waals surface area contributed by atoms with E-state index in [1.54, 1.807) is 12.1 Å². The zero-order valence-corrected chi connectivity index (χ0v) is 19.7. The molecular weight excluding hydrogens is 467 g/mol. The van der Waals surface area contributed by atoms with Crippen molar-refractivity contribution in [3.8, 4) is 16.9 Å². The predicted molar refractivity (Wildman–Crippen MR) is 135 cm³/mol. The number of allylic oxidation sites excluding steroid dienone is 2. The highest BCUT2D eigenvalue weighted by molar-refractivity contribution is 6.32. The summed E-state index contributed by atoms with van der Waals surface area (Å²) in [6.45, 7) is 1.86. The molecule has 0 bridgehead atoms. The maximum absolute atomic E-state index is 13.7. The average Bonchev–Trinajstić information content (AvgIpc) is 3.54. The monoisotopic (exact) mass is 488 g/mol. The number of rotatable bonds is 5. The first kappa shape index (κ1) is 22.7. The van der Waals surface area contributed by atoms with Gasteiger partial charge in [0.05, 0.1) is 29.3 Å². The molecule has 7 nitrogen and oxygen atoms in total. The lowest BCUT2D eigenvalue weighted by Gasteiger charge is -2.17. The van der Waals surface area contributed by atoms with E-state index in [4.69, 9.17) is 17.3 Å². The summed E-state index contributed by atoms with van der Waals surface area (Å²) in [5.41, 5.74) is 11.9. The molecule has 0 aliphatic heterocycles. The molecule has 0 fully saturated rings. The molecule has 0 saturated carbocycles. The number of nitrogens with one attached hydrogen (secondary N) is 1. The third-order valence-corrected chi connectivity index (χ3v) is 6.27. The van der Waals surface area contributed by atoms with Gasteiger partial charge in [-0.1, -0.05) is 17.7 Å². The van der Waals surface area contributed by atoms with Crippen molar-refractivity contribution in [3.05, 3.63) is 88.6 Å². The van der Waals surface area contributed by atoms with Gasteiger partial charge in [-0.25, -0.2) is 9.37 Å². The molecule has 2 heterocycles. The summed E-state index contributed by atoms with van der Waals surface area (Å²) in [6, 6.07) is 9.82. The first-order valence-corrected chi connectivity index (χ1v) is 11.5. The van der Waals surface area contributed by atoms with Crippen LogP contribution in [0.4, 0.5) is 15.8 Å². The van der Waals surface area contributed by atoms with Gasteiger partial charge in [0, 0.05) is 16.8 Å². The molecule has 3 N–H and O–H groups in total. The molecule has 0 spiro atoms. The Bertz CT molecular complexity index is 1470. The topological polar surface area (TPSA) is 98.7 Å². The average molecular weight is 489 g/mol. The minimum absolute atomic E-state index is 0.288. The van der Waals surface area contributed by atoms with Crippen LogP contribution in [0.25, 0.3) is 22.5 Å². The molecule has 2 aromatic carbocycles. The smallest absolute Gasteiger partial charge is 0.255 e. The second-order valence-corrected chi connectivity index (χ2v) is 8.78. The highest BCUT2D eigenvalue weighted by Crippen LogP contribution is 2.39. The van der Waals surface area contributed by atoms with E-state index in [0.29, 0.717) is 27.8 Å². The van der Waals surface area contributed by atoms with Crippen molar-refractivity contribution < 1.29 is 9.18 Å². The van der Waals surface area contributed by atoms with Crippen molar-refractivity contribution >= 4 is 34.5 Å². The molecule has 0 radical (unpaired) electrons. The first-order chi connectivity index (χ1) is 16.9. The van der Waals surface area contributed by atoms with Crippen molar-refractivity contribution in [3.63, 3.8) is 0 Å². The molecule has 4 aromatic rings. The van der Waals surface area contributed by atoms with Crippen molar-refractivity contribution in [1.82, 2.24) is 20.0 Å². The predicted octanol–water partition coefficient (Wildman–Crippen LogP) is 5.83. The minimum Gasteiger partial charge on any atom is -0.398 e.